The number of fused-ring (bicyclic) bond motifs is 1. The lowest BCUT2D eigenvalue weighted by molar-refractivity contribution is -0.115. The number of amides is 1. The van der Waals surface area contributed by atoms with Crippen molar-refractivity contribution in [2.75, 3.05) is 38.5 Å². The minimum Gasteiger partial charge on any atom is -0.304 e. The van der Waals surface area contributed by atoms with Crippen molar-refractivity contribution in [3.8, 4) is 0 Å². The number of benzene rings is 1. The van der Waals surface area contributed by atoms with Gasteiger partial charge >= 0.3 is 0 Å². The number of hydrogen-bond donors (Lipinski definition) is 1. The van der Waals surface area contributed by atoms with E-state index in [0.29, 0.717) is 36.4 Å². The number of carbonyl (C=O) groups is 1. The van der Waals surface area contributed by atoms with Gasteiger partial charge in [-0.15, -0.1) is 0 Å². The maximum Gasteiger partial charge on any atom is 0.278 e. The van der Waals surface area contributed by atoms with Gasteiger partial charge in [0, 0.05) is 26.2 Å². The van der Waals surface area contributed by atoms with Crippen LogP contribution in [0.2, 0.25) is 0 Å². The Balaban J connectivity index is 1.86. The molecule has 2 aromatic rings. The van der Waals surface area contributed by atoms with E-state index >= 15 is 0 Å². The lowest BCUT2D eigenvalue weighted by Crippen LogP contribution is -2.46. The van der Waals surface area contributed by atoms with Crippen LogP contribution in [0, 0.1) is 0 Å². The van der Waals surface area contributed by atoms with Crippen LogP contribution in [0.5, 0.6) is 0 Å². The van der Waals surface area contributed by atoms with Crippen molar-refractivity contribution >= 4 is 77.4 Å². The molecule has 7 nitrogen and oxygen atoms in total. The second kappa shape index (κ2) is 7.38. The molecule has 1 saturated heterocycles. The van der Waals surface area contributed by atoms with Crippen LogP contribution in [0.3, 0.4) is 0 Å². The van der Waals surface area contributed by atoms with E-state index in [4.69, 9.17) is 34.8 Å². The van der Waals surface area contributed by atoms with Crippen LogP contribution in [-0.2, 0) is 14.8 Å². The molecule has 1 aliphatic heterocycles. The molecular weight excluding hydrogens is 443 g/mol. The Kier molecular flexibility index (Phi) is 5.70. The summed E-state index contributed by atoms with van der Waals surface area (Å²) < 4.78 is 25.6. The zero-order valence-electron chi connectivity index (χ0n) is 13.6. The Morgan fingerprint density at radius 1 is 1.23 bits per heavy atom. The topological polar surface area (TPSA) is 82.6 Å². The number of thiazole rings is 1. The third-order valence-electron chi connectivity index (χ3n) is 3.94. The van der Waals surface area contributed by atoms with E-state index in [9.17, 15) is 13.2 Å². The highest BCUT2D eigenvalue weighted by Crippen LogP contribution is 2.32. The summed E-state index contributed by atoms with van der Waals surface area (Å²) in [6.45, 7) is 2.28. The fourth-order valence-electron chi connectivity index (χ4n) is 2.46. The van der Waals surface area contributed by atoms with Gasteiger partial charge in [-0.05, 0) is 25.2 Å². The van der Waals surface area contributed by atoms with Gasteiger partial charge in [0.15, 0.2) is 5.13 Å². The number of nitrogens with zero attached hydrogens (tertiary/aromatic N) is 3. The van der Waals surface area contributed by atoms with E-state index < -0.39 is 19.7 Å². The zero-order valence-corrected chi connectivity index (χ0v) is 17.5. The molecular formula is C14H15Cl3N4O3S2. The minimum absolute atomic E-state index is 0.192. The predicted octanol–water partition coefficient (Wildman–Crippen LogP) is 2.54. The van der Waals surface area contributed by atoms with Crippen LogP contribution in [-0.4, -0.2) is 65.5 Å². The molecule has 0 bridgehead atoms. The van der Waals surface area contributed by atoms with Crippen LogP contribution in [0.1, 0.15) is 0 Å². The van der Waals surface area contributed by atoms with E-state index in [1.54, 1.807) is 12.1 Å². The van der Waals surface area contributed by atoms with Crippen LogP contribution >= 0.6 is 46.1 Å². The molecule has 1 aromatic heterocycles. The molecule has 1 aromatic carbocycles. The molecule has 142 valence electrons. The summed E-state index contributed by atoms with van der Waals surface area (Å²) in [5, 5.41) is 2.63. The smallest absolute Gasteiger partial charge is 0.278 e. The summed E-state index contributed by atoms with van der Waals surface area (Å²) in [6.07, 6.45) is 0. The third kappa shape index (κ3) is 4.24. The number of hydrogen-bond acceptors (Lipinski definition) is 6. The van der Waals surface area contributed by atoms with Crippen LogP contribution in [0.4, 0.5) is 5.13 Å². The predicted molar refractivity (Wildman–Crippen MR) is 105 cm³/mol. The van der Waals surface area contributed by atoms with Crippen LogP contribution in [0.15, 0.2) is 23.1 Å². The van der Waals surface area contributed by atoms with Crippen molar-refractivity contribution in [2.45, 2.75) is 8.69 Å². The molecule has 0 unspecified atom stereocenters. The van der Waals surface area contributed by atoms with Gasteiger partial charge in [-0.1, -0.05) is 46.1 Å². The fraction of sp³-hybridized carbons (Fsp3) is 0.429. The number of sulfonamides is 1. The highest BCUT2D eigenvalue weighted by atomic mass is 35.6. The van der Waals surface area contributed by atoms with Crippen LogP contribution in [0.25, 0.3) is 10.2 Å². The minimum atomic E-state index is -3.58. The second-order valence-electron chi connectivity index (χ2n) is 5.81. The van der Waals surface area contributed by atoms with Gasteiger partial charge in [0.2, 0.25) is 10.0 Å². The van der Waals surface area contributed by atoms with Gasteiger partial charge in [-0.3, -0.25) is 10.1 Å². The number of halogens is 3. The number of rotatable bonds is 3. The molecule has 26 heavy (non-hydrogen) atoms. The summed E-state index contributed by atoms with van der Waals surface area (Å²) in [7, 11) is -1.62. The van der Waals surface area contributed by atoms with Crippen molar-refractivity contribution in [3.63, 3.8) is 0 Å². The molecule has 0 atom stereocenters. The van der Waals surface area contributed by atoms with E-state index in [2.05, 4.69) is 15.2 Å². The first-order valence-corrected chi connectivity index (χ1v) is 10.9. The van der Waals surface area contributed by atoms with Gasteiger partial charge < -0.3 is 4.90 Å². The first-order valence-electron chi connectivity index (χ1n) is 7.55. The average molecular weight is 458 g/mol. The quantitative estimate of drug-likeness (QED) is 0.716. The van der Waals surface area contributed by atoms with Gasteiger partial charge in [0.05, 0.1) is 15.1 Å². The Morgan fingerprint density at radius 3 is 2.50 bits per heavy atom. The number of nitrogens with one attached hydrogen (secondary N) is 1. The number of aromatic nitrogens is 1. The summed E-state index contributed by atoms with van der Waals surface area (Å²) in [5.41, 5.74) is 0.548. The Bertz CT molecular complexity index is 935. The highest BCUT2D eigenvalue weighted by molar-refractivity contribution is 7.89. The zero-order chi connectivity index (χ0) is 19.1. The Hall–Kier alpha value is -0.680. The summed E-state index contributed by atoms with van der Waals surface area (Å²) >= 11 is 17.7. The molecule has 2 heterocycles. The number of carbonyl (C=O) groups excluding carboxylic acids is 1. The lowest BCUT2D eigenvalue weighted by atomic mass is 10.3. The molecule has 1 fully saturated rings. The second-order valence-corrected chi connectivity index (χ2v) is 11.1. The fourth-order valence-corrected chi connectivity index (χ4v) is 5.03. The molecule has 1 N–H and O–H groups in total. The van der Waals surface area contributed by atoms with Crippen molar-refractivity contribution < 1.29 is 13.2 Å². The van der Waals surface area contributed by atoms with Crippen molar-refractivity contribution in [2.24, 2.45) is 0 Å². The van der Waals surface area contributed by atoms with E-state index in [1.807, 2.05) is 7.05 Å². The third-order valence-corrected chi connectivity index (χ3v) is 7.28. The molecule has 1 aliphatic rings. The largest absolute Gasteiger partial charge is 0.304 e. The first-order chi connectivity index (χ1) is 12.1. The number of piperazine rings is 1. The van der Waals surface area contributed by atoms with Gasteiger partial charge in [0.25, 0.3) is 9.70 Å². The number of anilines is 1. The van der Waals surface area contributed by atoms with Gasteiger partial charge in [0.1, 0.15) is 0 Å². The first kappa shape index (κ1) is 20.1. The molecule has 0 aliphatic carbocycles. The molecule has 1 amide bonds. The molecule has 3 rings (SSSR count). The van der Waals surface area contributed by atoms with Crippen molar-refractivity contribution in [3.05, 3.63) is 18.2 Å². The van der Waals surface area contributed by atoms with Crippen molar-refractivity contribution in [1.82, 2.24) is 14.2 Å². The molecule has 0 spiro atoms. The molecule has 0 radical (unpaired) electrons. The molecule has 12 heteroatoms. The van der Waals surface area contributed by atoms with Gasteiger partial charge in [-0.2, -0.15) is 4.31 Å². The normalized spacial score (nSPS) is 17.5. The summed E-state index contributed by atoms with van der Waals surface area (Å²) in [4.78, 5) is 18.2. The lowest BCUT2D eigenvalue weighted by Gasteiger charge is -2.31. The monoisotopic (exact) mass is 456 g/mol. The molecule has 0 saturated carbocycles. The Morgan fingerprint density at radius 2 is 1.88 bits per heavy atom. The van der Waals surface area contributed by atoms with Gasteiger partial charge in [-0.25, -0.2) is 13.4 Å². The number of likely N-dealkylation sites (N-methyl/N-ethyl adjacent to an activating group) is 1. The SMILES string of the molecule is CN1CCN(S(=O)(=O)c2ccc3nc(NC(=O)C(Cl)(Cl)Cl)sc3c2)CC1. The summed E-state index contributed by atoms with van der Waals surface area (Å²) in [5.74, 6) is -0.827. The standard InChI is InChI=1S/C14H15Cl3N4O3S2/c1-20-4-6-21(7-5-20)26(23,24)9-2-3-10-11(8-9)25-13(18-10)19-12(22)14(15,16)17/h2-3,8H,4-7H2,1H3,(H,18,19,22). The number of alkyl halides is 3. The maximum absolute atomic E-state index is 12.8. The Labute approximate surface area is 169 Å². The van der Waals surface area contributed by atoms with E-state index in [0.717, 1.165) is 11.3 Å². The van der Waals surface area contributed by atoms with E-state index in [1.165, 1.54) is 10.4 Å². The van der Waals surface area contributed by atoms with Crippen molar-refractivity contribution in [1.29, 1.82) is 0 Å². The maximum atomic E-state index is 12.8. The average Bonchev–Trinajstić information content (AvgIpc) is 2.95. The summed E-state index contributed by atoms with van der Waals surface area (Å²) in [6, 6.07) is 4.65. The van der Waals surface area contributed by atoms with E-state index in [-0.39, 0.29) is 10.0 Å². The van der Waals surface area contributed by atoms with Crippen LogP contribution < -0.4 is 5.32 Å². The highest BCUT2D eigenvalue weighted by Gasteiger charge is 2.31.